The number of hydrogen-bond donors (Lipinski definition) is 2. The van der Waals surface area contributed by atoms with Gasteiger partial charge in [0.25, 0.3) is 0 Å². The van der Waals surface area contributed by atoms with Crippen LogP contribution in [0.25, 0.3) is 10.2 Å². The highest BCUT2D eigenvalue weighted by Crippen LogP contribution is 2.42. The van der Waals surface area contributed by atoms with Crippen LogP contribution in [0.3, 0.4) is 0 Å². The van der Waals surface area contributed by atoms with Gasteiger partial charge in [0.15, 0.2) is 0 Å². The third-order valence-corrected chi connectivity index (χ3v) is 6.71. The first-order valence-electron chi connectivity index (χ1n) is 6.98. The molecule has 0 bridgehead atoms. The number of rotatable bonds is 3. The van der Waals surface area contributed by atoms with Gasteiger partial charge in [0, 0.05) is 5.92 Å². The average Bonchev–Trinajstić information content (AvgIpc) is 2.89. The van der Waals surface area contributed by atoms with Crippen molar-refractivity contribution in [2.24, 2.45) is 11.1 Å². The molecule has 22 heavy (non-hydrogen) atoms. The molecule has 1 aromatic heterocycles. The van der Waals surface area contributed by atoms with E-state index in [9.17, 15) is 18.3 Å². The van der Waals surface area contributed by atoms with Crippen LogP contribution in [0, 0.1) is 5.92 Å². The van der Waals surface area contributed by atoms with E-state index in [0.717, 1.165) is 10.2 Å². The summed E-state index contributed by atoms with van der Waals surface area (Å²) in [7, 11) is -3.90. The van der Waals surface area contributed by atoms with E-state index in [1.165, 1.54) is 11.3 Å². The number of sulfonamides is 1. The van der Waals surface area contributed by atoms with Gasteiger partial charge in [-0.1, -0.05) is 18.6 Å². The van der Waals surface area contributed by atoms with Gasteiger partial charge in [-0.2, -0.15) is 0 Å². The summed E-state index contributed by atoms with van der Waals surface area (Å²) in [6.45, 7) is 0. The van der Waals surface area contributed by atoms with Crippen LogP contribution in [-0.4, -0.2) is 29.7 Å². The van der Waals surface area contributed by atoms with Crippen LogP contribution in [0.5, 0.6) is 0 Å². The van der Waals surface area contributed by atoms with E-state index in [1.807, 2.05) is 24.3 Å². The van der Waals surface area contributed by atoms with Crippen LogP contribution >= 0.6 is 11.3 Å². The summed E-state index contributed by atoms with van der Waals surface area (Å²) < 4.78 is 24.5. The van der Waals surface area contributed by atoms with Gasteiger partial charge in [-0.15, -0.1) is 11.3 Å². The molecule has 0 radical (unpaired) electrons. The van der Waals surface area contributed by atoms with E-state index in [2.05, 4.69) is 4.98 Å². The zero-order valence-electron chi connectivity index (χ0n) is 11.7. The summed E-state index contributed by atoms with van der Waals surface area (Å²) in [5, 5.41) is 14.4. The lowest BCUT2D eigenvalue weighted by molar-refractivity contribution is -0.143. The lowest BCUT2D eigenvalue weighted by Gasteiger charge is -2.32. The Kier molecular flexibility index (Phi) is 3.92. The zero-order valence-corrected chi connectivity index (χ0v) is 13.3. The molecule has 3 rings (SSSR count). The molecule has 3 N–H and O–H groups in total. The number of hydrogen-bond acceptors (Lipinski definition) is 5. The minimum Gasteiger partial charge on any atom is -0.481 e. The third-order valence-electron chi connectivity index (χ3n) is 4.17. The number of carboxylic acid groups (broad SMARTS) is 1. The maximum absolute atomic E-state index is 11.7. The summed E-state index contributed by atoms with van der Waals surface area (Å²) in [5.41, 5.74) is 0.810. The maximum atomic E-state index is 11.7. The SMILES string of the molecule is NS(=O)(=O)C1CCCC(c2nc3ccccc3s2)C1C(=O)O. The second-order valence-corrected chi connectivity index (χ2v) is 8.39. The van der Waals surface area contributed by atoms with Crippen molar-refractivity contribution < 1.29 is 18.3 Å². The number of carbonyl (C=O) groups is 1. The summed E-state index contributed by atoms with van der Waals surface area (Å²) >= 11 is 1.43. The number of carboxylic acids is 1. The number of nitrogens with zero attached hydrogens (tertiary/aromatic N) is 1. The van der Waals surface area contributed by atoms with Crippen molar-refractivity contribution in [3.8, 4) is 0 Å². The van der Waals surface area contributed by atoms with Gasteiger partial charge in [0.1, 0.15) is 0 Å². The Balaban J connectivity index is 2.05. The number of para-hydroxylation sites is 1. The monoisotopic (exact) mass is 340 g/mol. The highest BCUT2D eigenvalue weighted by molar-refractivity contribution is 7.89. The molecule has 1 aliphatic rings. The number of aliphatic carboxylic acids is 1. The third kappa shape index (κ3) is 2.73. The second-order valence-electron chi connectivity index (χ2n) is 5.55. The number of nitrogens with two attached hydrogens (primary N) is 1. The quantitative estimate of drug-likeness (QED) is 0.887. The molecule has 1 aromatic carbocycles. The summed E-state index contributed by atoms with van der Waals surface area (Å²) in [4.78, 5) is 16.2. The molecule has 2 aromatic rings. The smallest absolute Gasteiger partial charge is 0.308 e. The van der Waals surface area contributed by atoms with Crippen molar-refractivity contribution >= 4 is 37.5 Å². The van der Waals surface area contributed by atoms with Gasteiger partial charge < -0.3 is 5.11 Å². The molecule has 0 aliphatic heterocycles. The van der Waals surface area contributed by atoms with E-state index in [1.54, 1.807) is 0 Å². The Morgan fingerprint density at radius 3 is 2.68 bits per heavy atom. The summed E-state index contributed by atoms with van der Waals surface area (Å²) in [5.74, 6) is -2.57. The number of thiazole rings is 1. The molecule has 3 unspecified atom stereocenters. The van der Waals surface area contributed by atoms with E-state index < -0.39 is 33.1 Å². The zero-order chi connectivity index (χ0) is 15.9. The molecule has 0 saturated heterocycles. The van der Waals surface area contributed by atoms with Crippen LogP contribution in [0.2, 0.25) is 0 Å². The minimum absolute atomic E-state index is 0.289. The van der Waals surface area contributed by atoms with Crippen LogP contribution in [-0.2, 0) is 14.8 Å². The topological polar surface area (TPSA) is 110 Å². The van der Waals surface area contributed by atoms with E-state index in [-0.39, 0.29) is 6.42 Å². The Labute approximate surface area is 132 Å². The van der Waals surface area contributed by atoms with Gasteiger partial charge >= 0.3 is 5.97 Å². The molecule has 6 nitrogen and oxygen atoms in total. The van der Waals surface area contributed by atoms with Gasteiger partial charge in [-0.05, 0) is 25.0 Å². The molecular weight excluding hydrogens is 324 g/mol. The minimum atomic E-state index is -3.90. The number of primary sulfonamides is 1. The Morgan fingerprint density at radius 2 is 2.05 bits per heavy atom. The fraction of sp³-hybridized carbons (Fsp3) is 0.429. The van der Waals surface area contributed by atoms with Gasteiger partial charge in [-0.3, -0.25) is 4.79 Å². The Morgan fingerprint density at radius 1 is 1.32 bits per heavy atom. The van der Waals surface area contributed by atoms with Crippen molar-refractivity contribution in [3.63, 3.8) is 0 Å². The highest BCUT2D eigenvalue weighted by Gasteiger charge is 2.45. The number of aromatic nitrogens is 1. The van der Waals surface area contributed by atoms with Crippen molar-refractivity contribution in [1.82, 2.24) is 4.98 Å². The summed E-state index contributed by atoms with van der Waals surface area (Å²) in [6.07, 6.45) is 1.53. The van der Waals surface area contributed by atoms with E-state index >= 15 is 0 Å². The molecule has 1 fully saturated rings. The molecule has 118 valence electrons. The molecule has 1 heterocycles. The first-order valence-corrected chi connectivity index (χ1v) is 9.40. The number of fused-ring (bicyclic) bond motifs is 1. The number of benzene rings is 1. The molecule has 0 spiro atoms. The highest BCUT2D eigenvalue weighted by atomic mass is 32.2. The van der Waals surface area contributed by atoms with Crippen LogP contribution in [0.15, 0.2) is 24.3 Å². The molecular formula is C14H16N2O4S2. The van der Waals surface area contributed by atoms with Gasteiger partial charge in [0.2, 0.25) is 10.0 Å². The molecule has 1 aliphatic carbocycles. The maximum Gasteiger partial charge on any atom is 0.308 e. The fourth-order valence-corrected chi connectivity index (χ4v) is 5.54. The van der Waals surface area contributed by atoms with Gasteiger partial charge in [-0.25, -0.2) is 18.5 Å². The predicted molar refractivity (Wildman–Crippen MR) is 84.2 cm³/mol. The Bertz CT molecular complexity index is 782. The van der Waals surface area contributed by atoms with E-state index in [0.29, 0.717) is 17.8 Å². The molecule has 8 heteroatoms. The average molecular weight is 340 g/mol. The second kappa shape index (κ2) is 5.60. The van der Waals surface area contributed by atoms with E-state index in [4.69, 9.17) is 5.14 Å². The van der Waals surface area contributed by atoms with Crippen molar-refractivity contribution in [2.75, 3.05) is 0 Å². The Hall–Kier alpha value is -1.51. The van der Waals surface area contributed by atoms with Crippen LogP contribution in [0.1, 0.15) is 30.2 Å². The standard InChI is InChI=1S/C14H16N2O4S2/c15-22(19,20)11-7-3-4-8(12(11)14(17)18)13-16-9-5-1-2-6-10(9)21-13/h1-2,5-6,8,11-12H,3-4,7H2,(H,17,18)(H2,15,19,20). The van der Waals surface area contributed by atoms with Crippen molar-refractivity contribution in [1.29, 1.82) is 0 Å². The largest absolute Gasteiger partial charge is 0.481 e. The lowest BCUT2D eigenvalue weighted by atomic mass is 9.79. The lowest BCUT2D eigenvalue weighted by Crippen LogP contribution is -2.44. The normalized spacial score (nSPS) is 26.1. The molecule has 1 saturated carbocycles. The first kappa shape index (κ1) is 15.4. The first-order chi connectivity index (χ1) is 10.4. The van der Waals surface area contributed by atoms with Crippen LogP contribution in [0.4, 0.5) is 0 Å². The van der Waals surface area contributed by atoms with Crippen LogP contribution < -0.4 is 5.14 Å². The predicted octanol–water partition coefficient (Wildman–Crippen LogP) is 1.92. The molecule has 3 atom stereocenters. The van der Waals surface area contributed by atoms with Gasteiger partial charge in [0.05, 0.1) is 26.4 Å². The molecule has 0 amide bonds. The fourth-order valence-electron chi connectivity index (χ4n) is 3.18. The summed E-state index contributed by atoms with van der Waals surface area (Å²) in [6, 6.07) is 7.55. The van der Waals surface area contributed by atoms with Crippen molar-refractivity contribution in [2.45, 2.75) is 30.4 Å². The van der Waals surface area contributed by atoms with Crippen molar-refractivity contribution in [3.05, 3.63) is 29.3 Å².